The van der Waals surface area contributed by atoms with Crippen LogP contribution in [0.5, 0.6) is 0 Å². The number of thiazole rings is 1. The van der Waals surface area contributed by atoms with E-state index < -0.39 is 12.2 Å². The van der Waals surface area contributed by atoms with Crippen molar-refractivity contribution >= 4 is 22.4 Å². The summed E-state index contributed by atoms with van der Waals surface area (Å²) in [6.45, 7) is -0.198. The van der Waals surface area contributed by atoms with Crippen molar-refractivity contribution < 1.29 is 14.9 Å². The van der Waals surface area contributed by atoms with Crippen LogP contribution in [0, 0.1) is 0 Å². The Kier molecular flexibility index (Phi) is 3.38. The van der Waals surface area contributed by atoms with Gasteiger partial charge in [-0.15, -0.1) is 11.3 Å². The molecule has 3 aromatic rings. The average molecular weight is 318 g/mol. The summed E-state index contributed by atoms with van der Waals surface area (Å²) in [4.78, 5) is 13.0. The molecule has 22 heavy (non-hydrogen) atoms. The van der Waals surface area contributed by atoms with Crippen LogP contribution in [-0.4, -0.2) is 48.5 Å². The van der Waals surface area contributed by atoms with Crippen LogP contribution in [0.25, 0.3) is 21.7 Å². The van der Waals surface area contributed by atoms with E-state index in [2.05, 4.69) is 15.0 Å². The highest BCUT2D eigenvalue weighted by Gasteiger charge is 2.35. The summed E-state index contributed by atoms with van der Waals surface area (Å²) in [6.07, 6.45) is 3.97. The van der Waals surface area contributed by atoms with Gasteiger partial charge in [-0.05, 0) is 6.07 Å². The summed E-state index contributed by atoms with van der Waals surface area (Å²) in [6, 6.07) is 1.92. The van der Waals surface area contributed by atoms with Crippen molar-refractivity contribution in [1.29, 1.82) is 0 Å². The summed E-state index contributed by atoms with van der Waals surface area (Å²) in [7, 11) is 0. The Morgan fingerprint density at radius 2 is 2.27 bits per heavy atom. The number of nitrogens with zero attached hydrogens (tertiary/aromatic N) is 4. The zero-order valence-electron chi connectivity index (χ0n) is 11.5. The van der Waals surface area contributed by atoms with Crippen molar-refractivity contribution in [2.45, 2.75) is 24.9 Å². The molecule has 2 N–H and O–H groups in total. The van der Waals surface area contributed by atoms with Gasteiger partial charge in [0, 0.05) is 29.6 Å². The molecule has 4 rings (SSSR count). The third-order valence-electron chi connectivity index (χ3n) is 3.84. The van der Waals surface area contributed by atoms with E-state index in [-0.39, 0.29) is 12.8 Å². The van der Waals surface area contributed by atoms with Crippen LogP contribution in [0.15, 0.2) is 30.2 Å². The van der Waals surface area contributed by atoms with E-state index in [1.54, 1.807) is 6.20 Å². The zero-order valence-corrected chi connectivity index (χ0v) is 12.3. The first-order valence-electron chi connectivity index (χ1n) is 6.93. The van der Waals surface area contributed by atoms with Gasteiger partial charge in [0.15, 0.2) is 0 Å². The number of ether oxygens (including phenoxy) is 1. The predicted octanol–water partition coefficient (Wildman–Crippen LogP) is 1.20. The van der Waals surface area contributed by atoms with Gasteiger partial charge in [-0.3, -0.25) is 0 Å². The smallest absolute Gasteiger partial charge is 0.146 e. The molecule has 0 aromatic carbocycles. The molecular weight excluding hydrogens is 304 g/mol. The van der Waals surface area contributed by atoms with Gasteiger partial charge in [-0.25, -0.2) is 15.0 Å². The van der Waals surface area contributed by atoms with E-state index in [1.807, 2.05) is 22.2 Å². The van der Waals surface area contributed by atoms with Crippen molar-refractivity contribution in [3.8, 4) is 10.7 Å². The molecule has 1 aliphatic heterocycles. The average Bonchev–Trinajstić information content (AvgIpc) is 3.25. The highest BCUT2D eigenvalue weighted by atomic mass is 32.1. The number of aliphatic hydroxyl groups excluding tert-OH is 2. The van der Waals surface area contributed by atoms with Crippen LogP contribution < -0.4 is 0 Å². The number of aliphatic hydroxyl groups is 2. The van der Waals surface area contributed by atoms with Crippen LogP contribution in [0.2, 0.25) is 0 Å². The van der Waals surface area contributed by atoms with Crippen LogP contribution in [0.4, 0.5) is 0 Å². The molecule has 0 bridgehead atoms. The van der Waals surface area contributed by atoms with E-state index in [0.717, 1.165) is 21.7 Å². The summed E-state index contributed by atoms with van der Waals surface area (Å²) in [5.41, 5.74) is 1.52. The maximum atomic E-state index is 9.90. The second-order valence-corrected chi connectivity index (χ2v) is 6.03. The first-order chi connectivity index (χ1) is 10.8. The zero-order chi connectivity index (χ0) is 15.1. The quantitative estimate of drug-likeness (QED) is 0.753. The van der Waals surface area contributed by atoms with E-state index in [1.165, 1.54) is 17.7 Å². The van der Waals surface area contributed by atoms with E-state index in [4.69, 9.17) is 4.74 Å². The Morgan fingerprint density at radius 3 is 3.00 bits per heavy atom. The van der Waals surface area contributed by atoms with Crippen molar-refractivity contribution in [3.05, 3.63) is 30.2 Å². The number of fused-ring (bicyclic) bond motifs is 1. The Labute approximate surface area is 129 Å². The first-order valence-corrected chi connectivity index (χ1v) is 7.81. The first kappa shape index (κ1) is 13.8. The lowest BCUT2D eigenvalue weighted by Gasteiger charge is -2.14. The van der Waals surface area contributed by atoms with Crippen molar-refractivity contribution in [1.82, 2.24) is 19.5 Å². The van der Waals surface area contributed by atoms with E-state index >= 15 is 0 Å². The van der Waals surface area contributed by atoms with Gasteiger partial charge in [0.1, 0.15) is 35.0 Å². The molecule has 8 heteroatoms. The molecule has 3 atom stereocenters. The lowest BCUT2D eigenvalue weighted by molar-refractivity contribution is -0.0430. The molecule has 0 saturated carbocycles. The summed E-state index contributed by atoms with van der Waals surface area (Å²) < 4.78 is 7.56. The minimum Gasteiger partial charge on any atom is -0.394 e. The normalized spacial score (nSPS) is 25.1. The van der Waals surface area contributed by atoms with Gasteiger partial charge in [-0.1, -0.05) is 0 Å². The fourth-order valence-corrected chi connectivity index (χ4v) is 3.41. The van der Waals surface area contributed by atoms with Crippen molar-refractivity contribution in [2.24, 2.45) is 0 Å². The predicted molar refractivity (Wildman–Crippen MR) is 80.3 cm³/mol. The molecule has 0 aliphatic carbocycles. The Morgan fingerprint density at radius 1 is 1.36 bits per heavy atom. The molecule has 1 aliphatic rings. The van der Waals surface area contributed by atoms with Crippen molar-refractivity contribution in [3.63, 3.8) is 0 Å². The lowest BCUT2D eigenvalue weighted by Crippen LogP contribution is -2.24. The number of rotatable bonds is 3. The highest BCUT2D eigenvalue weighted by molar-refractivity contribution is 7.13. The van der Waals surface area contributed by atoms with Crippen molar-refractivity contribution in [2.75, 3.05) is 6.61 Å². The minimum atomic E-state index is -0.673. The SMILES string of the molecule is OC[C@H]1O[C@@H](n2ccc3c(-c4nccs4)ncnc32)C[C@@H]1O. The second-order valence-electron chi connectivity index (χ2n) is 5.13. The standard InChI is InChI=1S/C14H14N4O3S/c19-6-10-9(20)5-11(21-10)18-3-1-8-12(14-15-2-4-22-14)16-7-17-13(8)18/h1-4,7,9-11,19-20H,5-6H2/t9-,10+,11+/m0/s1. The molecule has 0 unspecified atom stereocenters. The second kappa shape index (κ2) is 5.40. The Balaban J connectivity index is 1.77. The maximum Gasteiger partial charge on any atom is 0.146 e. The molecular formula is C14H14N4O3S. The highest BCUT2D eigenvalue weighted by Crippen LogP contribution is 2.33. The Hall–Kier alpha value is -1.87. The summed E-state index contributed by atoms with van der Waals surface area (Å²) >= 11 is 1.52. The van der Waals surface area contributed by atoms with Gasteiger partial charge < -0.3 is 19.5 Å². The molecule has 3 aromatic heterocycles. The van der Waals surface area contributed by atoms with Gasteiger partial charge in [-0.2, -0.15) is 0 Å². The van der Waals surface area contributed by atoms with Gasteiger partial charge >= 0.3 is 0 Å². The van der Waals surface area contributed by atoms with E-state index in [0.29, 0.717) is 6.42 Å². The number of aromatic nitrogens is 4. The minimum absolute atomic E-state index is 0.198. The molecule has 0 radical (unpaired) electrons. The van der Waals surface area contributed by atoms with E-state index in [9.17, 15) is 10.2 Å². The third-order valence-corrected chi connectivity index (χ3v) is 4.62. The molecule has 0 amide bonds. The maximum absolute atomic E-state index is 9.90. The van der Waals surface area contributed by atoms with Gasteiger partial charge in [0.2, 0.25) is 0 Å². The lowest BCUT2D eigenvalue weighted by atomic mass is 10.2. The molecule has 0 spiro atoms. The van der Waals surface area contributed by atoms with Crippen LogP contribution in [0.1, 0.15) is 12.6 Å². The molecule has 1 fully saturated rings. The van der Waals surface area contributed by atoms with Crippen LogP contribution in [-0.2, 0) is 4.74 Å². The monoisotopic (exact) mass is 318 g/mol. The molecule has 1 saturated heterocycles. The van der Waals surface area contributed by atoms with Gasteiger partial charge in [0.05, 0.1) is 12.7 Å². The largest absolute Gasteiger partial charge is 0.394 e. The Bertz CT molecular complexity index is 789. The summed E-state index contributed by atoms with van der Waals surface area (Å²) in [5.74, 6) is 0. The molecule has 7 nitrogen and oxygen atoms in total. The fraction of sp³-hybridized carbons (Fsp3) is 0.357. The third kappa shape index (κ3) is 2.12. The van der Waals surface area contributed by atoms with Crippen LogP contribution >= 0.6 is 11.3 Å². The molecule has 114 valence electrons. The van der Waals surface area contributed by atoms with Crippen LogP contribution in [0.3, 0.4) is 0 Å². The number of hydrogen-bond acceptors (Lipinski definition) is 7. The summed E-state index contributed by atoms with van der Waals surface area (Å²) in [5, 5.41) is 22.7. The van der Waals surface area contributed by atoms with Gasteiger partial charge in [0.25, 0.3) is 0 Å². The fourth-order valence-electron chi connectivity index (χ4n) is 2.76. The topological polar surface area (TPSA) is 93.3 Å². The number of hydrogen-bond donors (Lipinski definition) is 2. The molecule has 4 heterocycles.